The lowest BCUT2D eigenvalue weighted by Crippen LogP contribution is -2.30. The summed E-state index contributed by atoms with van der Waals surface area (Å²) in [6.45, 7) is 0.653. The van der Waals surface area contributed by atoms with E-state index in [1.54, 1.807) is 18.2 Å². The van der Waals surface area contributed by atoms with Gasteiger partial charge in [0.15, 0.2) is 5.82 Å². The molecule has 1 heterocycles. The number of aromatic nitrogens is 3. The maximum atomic E-state index is 13.1. The molecule has 1 atom stereocenters. The van der Waals surface area contributed by atoms with Crippen LogP contribution in [0.15, 0.2) is 54.9 Å². The maximum absolute atomic E-state index is 13.1. The van der Waals surface area contributed by atoms with E-state index in [2.05, 4.69) is 20.5 Å². The van der Waals surface area contributed by atoms with E-state index in [0.717, 1.165) is 17.7 Å². The third kappa shape index (κ3) is 5.20. The number of nitrogens with zero attached hydrogens (tertiary/aromatic N) is 3. The zero-order valence-corrected chi connectivity index (χ0v) is 15.9. The standard InChI is InChI=1S/C20H20F3N5O/c1-28(2)11-13-5-3-7-15(9-13)19(29)26-17(18-24-12-25-27-18)14-6-4-8-16(10-14)20(21,22)23/h3-10,12,17H,11H2,1-2H3,(H,26,29)(H,24,25,27)/t17-/m1/s1. The molecule has 152 valence electrons. The largest absolute Gasteiger partial charge is 0.416 e. The van der Waals surface area contributed by atoms with E-state index >= 15 is 0 Å². The number of carbonyl (C=O) groups excluding carboxylic acids is 1. The average Bonchev–Trinajstić information content (AvgIpc) is 3.19. The van der Waals surface area contributed by atoms with Crippen molar-refractivity contribution in [3.8, 4) is 0 Å². The summed E-state index contributed by atoms with van der Waals surface area (Å²) in [5.41, 5.74) is 0.787. The normalized spacial score (nSPS) is 12.8. The van der Waals surface area contributed by atoms with Gasteiger partial charge in [-0.1, -0.05) is 24.3 Å². The van der Waals surface area contributed by atoms with Crippen LogP contribution in [-0.4, -0.2) is 40.1 Å². The Balaban J connectivity index is 1.91. The van der Waals surface area contributed by atoms with E-state index in [0.29, 0.717) is 12.1 Å². The molecule has 0 aliphatic heterocycles. The van der Waals surface area contributed by atoms with E-state index in [-0.39, 0.29) is 11.4 Å². The van der Waals surface area contributed by atoms with Crippen LogP contribution in [0.2, 0.25) is 0 Å². The molecular formula is C20H20F3N5O. The summed E-state index contributed by atoms with van der Waals surface area (Å²) in [5.74, 6) is -0.188. The molecule has 0 saturated heterocycles. The number of nitrogens with one attached hydrogen (secondary N) is 2. The second kappa shape index (κ2) is 8.44. The van der Waals surface area contributed by atoms with Crippen LogP contribution in [0, 0.1) is 0 Å². The Morgan fingerprint density at radius 3 is 2.59 bits per heavy atom. The number of amides is 1. The first-order valence-corrected chi connectivity index (χ1v) is 8.81. The van der Waals surface area contributed by atoms with Crippen LogP contribution in [0.25, 0.3) is 0 Å². The van der Waals surface area contributed by atoms with Crippen molar-refractivity contribution >= 4 is 5.91 Å². The van der Waals surface area contributed by atoms with E-state index < -0.39 is 23.7 Å². The van der Waals surface area contributed by atoms with Crippen molar-refractivity contribution in [1.29, 1.82) is 0 Å². The highest BCUT2D eigenvalue weighted by atomic mass is 19.4. The van der Waals surface area contributed by atoms with Gasteiger partial charge in [0, 0.05) is 12.1 Å². The van der Waals surface area contributed by atoms with Gasteiger partial charge in [0.2, 0.25) is 0 Å². The molecule has 0 unspecified atom stereocenters. The van der Waals surface area contributed by atoms with Gasteiger partial charge in [-0.05, 0) is 49.5 Å². The Morgan fingerprint density at radius 2 is 1.93 bits per heavy atom. The van der Waals surface area contributed by atoms with E-state index in [1.807, 2.05) is 25.1 Å². The molecule has 1 amide bonds. The zero-order chi connectivity index (χ0) is 21.0. The minimum absolute atomic E-state index is 0.238. The molecule has 0 aliphatic rings. The van der Waals surface area contributed by atoms with Gasteiger partial charge < -0.3 is 10.2 Å². The molecule has 3 aromatic rings. The van der Waals surface area contributed by atoms with Crippen LogP contribution in [-0.2, 0) is 12.7 Å². The molecule has 6 nitrogen and oxygen atoms in total. The summed E-state index contributed by atoms with van der Waals surface area (Å²) in [4.78, 5) is 18.8. The number of hydrogen-bond donors (Lipinski definition) is 2. The number of carbonyl (C=O) groups is 1. The lowest BCUT2D eigenvalue weighted by atomic mass is 10.0. The number of H-pyrrole nitrogens is 1. The maximum Gasteiger partial charge on any atom is 0.416 e. The quantitative estimate of drug-likeness (QED) is 0.662. The van der Waals surface area contributed by atoms with Gasteiger partial charge in [0.05, 0.1) is 5.56 Å². The molecule has 0 aliphatic carbocycles. The fourth-order valence-electron chi connectivity index (χ4n) is 2.95. The molecule has 3 rings (SSSR count). The highest BCUT2D eigenvalue weighted by Gasteiger charge is 2.31. The van der Waals surface area contributed by atoms with Crippen LogP contribution in [0.5, 0.6) is 0 Å². The molecule has 2 N–H and O–H groups in total. The first-order valence-electron chi connectivity index (χ1n) is 8.81. The Hall–Kier alpha value is -3.20. The van der Waals surface area contributed by atoms with E-state index in [4.69, 9.17) is 0 Å². The topological polar surface area (TPSA) is 73.9 Å². The van der Waals surface area contributed by atoms with Gasteiger partial charge in [0.25, 0.3) is 5.91 Å². The number of halogens is 3. The lowest BCUT2D eigenvalue weighted by Gasteiger charge is -2.19. The van der Waals surface area contributed by atoms with Crippen molar-refractivity contribution in [3.63, 3.8) is 0 Å². The molecule has 2 aromatic carbocycles. The van der Waals surface area contributed by atoms with Crippen LogP contribution in [0.4, 0.5) is 13.2 Å². The Bertz CT molecular complexity index is 970. The number of alkyl halides is 3. The number of benzene rings is 2. The predicted octanol–water partition coefficient (Wildman–Crippen LogP) is 3.40. The van der Waals surface area contributed by atoms with Crippen molar-refractivity contribution in [2.24, 2.45) is 0 Å². The van der Waals surface area contributed by atoms with Gasteiger partial charge in [-0.15, -0.1) is 0 Å². The predicted molar refractivity (Wildman–Crippen MR) is 101 cm³/mol. The van der Waals surface area contributed by atoms with Crippen LogP contribution in [0.3, 0.4) is 0 Å². The Labute approximate surface area is 165 Å². The molecule has 0 saturated carbocycles. The molecule has 0 spiro atoms. The van der Waals surface area contributed by atoms with E-state index in [9.17, 15) is 18.0 Å². The third-order valence-corrected chi connectivity index (χ3v) is 4.22. The SMILES string of the molecule is CN(C)Cc1cccc(C(=O)N[C@H](c2cccc(C(F)(F)F)c2)c2ncn[nH]2)c1. The summed E-state index contributed by atoms with van der Waals surface area (Å²) in [7, 11) is 3.83. The van der Waals surface area contributed by atoms with Crippen molar-refractivity contribution in [1.82, 2.24) is 25.4 Å². The summed E-state index contributed by atoms with van der Waals surface area (Å²) >= 11 is 0. The molecule has 1 aromatic heterocycles. The van der Waals surface area contributed by atoms with Crippen molar-refractivity contribution in [2.45, 2.75) is 18.8 Å². The van der Waals surface area contributed by atoms with Crippen LogP contribution >= 0.6 is 0 Å². The fourth-order valence-corrected chi connectivity index (χ4v) is 2.95. The molecule has 0 bridgehead atoms. The highest BCUT2D eigenvalue weighted by molar-refractivity contribution is 5.94. The van der Waals surface area contributed by atoms with Gasteiger partial charge in [-0.25, -0.2) is 4.98 Å². The molecular weight excluding hydrogens is 383 g/mol. The van der Waals surface area contributed by atoms with Crippen molar-refractivity contribution < 1.29 is 18.0 Å². The van der Waals surface area contributed by atoms with Crippen LogP contribution < -0.4 is 5.32 Å². The Morgan fingerprint density at radius 1 is 1.17 bits per heavy atom. The highest BCUT2D eigenvalue weighted by Crippen LogP contribution is 2.31. The monoisotopic (exact) mass is 403 g/mol. The molecule has 9 heteroatoms. The lowest BCUT2D eigenvalue weighted by molar-refractivity contribution is -0.137. The zero-order valence-electron chi connectivity index (χ0n) is 15.9. The molecule has 29 heavy (non-hydrogen) atoms. The van der Waals surface area contributed by atoms with Gasteiger partial charge in [-0.3, -0.25) is 9.89 Å². The average molecular weight is 403 g/mol. The van der Waals surface area contributed by atoms with Crippen molar-refractivity contribution in [3.05, 3.63) is 82.9 Å². The first-order chi connectivity index (χ1) is 13.7. The number of aromatic amines is 1. The second-order valence-corrected chi connectivity index (χ2v) is 6.84. The van der Waals surface area contributed by atoms with Gasteiger partial charge >= 0.3 is 6.18 Å². The smallest absolute Gasteiger partial charge is 0.338 e. The van der Waals surface area contributed by atoms with Gasteiger partial charge in [0.1, 0.15) is 12.4 Å². The summed E-state index contributed by atoms with van der Waals surface area (Å²) < 4.78 is 39.4. The summed E-state index contributed by atoms with van der Waals surface area (Å²) in [5, 5.41) is 9.13. The summed E-state index contributed by atoms with van der Waals surface area (Å²) in [6.07, 6.45) is -3.26. The fraction of sp³-hybridized carbons (Fsp3) is 0.250. The minimum atomic E-state index is -4.49. The van der Waals surface area contributed by atoms with Crippen LogP contribution in [0.1, 0.15) is 38.9 Å². The van der Waals surface area contributed by atoms with Gasteiger partial charge in [-0.2, -0.15) is 18.3 Å². The summed E-state index contributed by atoms with van der Waals surface area (Å²) in [6, 6.07) is 10.9. The second-order valence-electron chi connectivity index (χ2n) is 6.84. The minimum Gasteiger partial charge on any atom is -0.338 e. The molecule has 0 radical (unpaired) electrons. The third-order valence-electron chi connectivity index (χ3n) is 4.22. The molecule has 0 fully saturated rings. The first kappa shape index (κ1) is 20.5. The number of hydrogen-bond acceptors (Lipinski definition) is 4. The van der Waals surface area contributed by atoms with Crippen molar-refractivity contribution in [2.75, 3.05) is 14.1 Å². The Kier molecular flexibility index (Phi) is 5.97. The van der Waals surface area contributed by atoms with E-state index in [1.165, 1.54) is 18.5 Å². The number of rotatable bonds is 6.